The molecule has 0 amide bonds. The van der Waals surface area contributed by atoms with E-state index in [1.54, 1.807) is 0 Å². The van der Waals surface area contributed by atoms with Crippen LogP contribution in [-0.4, -0.2) is 59.3 Å². The first kappa shape index (κ1) is 34.5. The highest BCUT2D eigenvalue weighted by Gasteiger charge is 2.95. The maximum atomic E-state index is 13.6. The molecule has 1 nitrogen and oxygen atoms in total. The molecule has 0 aromatic rings. The number of aliphatic hydroxyl groups is 1. The summed E-state index contributed by atoms with van der Waals surface area (Å²) in [6.07, 6.45) is -7.23. The van der Waals surface area contributed by atoms with Crippen LogP contribution >= 0.6 is 0 Å². The molecule has 0 unspecified atom stereocenters. The Morgan fingerprint density at radius 3 is 1.14 bits per heavy atom. The van der Waals surface area contributed by atoms with E-state index in [2.05, 4.69) is 0 Å². The maximum Gasteiger partial charge on any atom is 0.460 e. The Labute approximate surface area is 192 Å². The number of aliphatic hydroxyl groups excluding tert-OH is 1. The number of halogens is 17. The zero-order valence-corrected chi connectivity index (χ0v) is 17.7. The predicted molar refractivity (Wildman–Crippen MR) is 89.2 cm³/mol. The van der Waals surface area contributed by atoms with Crippen molar-refractivity contribution >= 4 is 0 Å². The zero-order chi connectivity index (χ0) is 29.1. The topological polar surface area (TPSA) is 20.2 Å². The maximum absolute atomic E-state index is 13.6. The van der Waals surface area contributed by atoms with E-state index in [0.717, 1.165) is 0 Å². The number of unbranched alkanes of at least 4 members (excludes halogenated alkanes) is 6. The highest BCUT2D eigenvalue weighted by Crippen LogP contribution is 2.64. The molecule has 0 aliphatic heterocycles. The summed E-state index contributed by atoms with van der Waals surface area (Å²) in [6, 6.07) is 0. The van der Waals surface area contributed by atoms with E-state index in [1.807, 2.05) is 0 Å². The molecular formula is C18H19F17O. The van der Waals surface area contributed by atoms with Gasteiger partial charge in [-0.2, -0.15) is 74.6 Å². The standard InChI is InChI=1S/C18H19F17O/c19-11(20,9-7-5-3-1-2-4-6-8-10-36)12(21,22)13(23,24)14(25,26)15(27,28)16(29,30)17(31,32)18(33,34)35/h7,9,36H,1-6,8,10H2/b9-7+. The normalized spacial score (nSPS) is 15.7. The first-order valence-electron chi connectivity index (χ1n) is 9.81. The Balaban J connectivity index is 5.89. The van der Waals surface area contributed by atoms with Gasteiger partial charge in [0.25, 0.3) is 0 Å². The van der Waals surface area contributed by atoms with Gasteiger partial charge in [-0.3, -0.25) is 0 Å². The van der Waals surface area contributed by atoms with Gasteiger partial charge in [-0.25, -0.2) is 0 Å². The smallest absolute Gasteiger partial charge is 0.396 e. The number of rotatable bonds is 15. The number of alkyl halides is 17. The van der Waals surface area contributed by atoms with Gasteiger partial charge >= 0.3 is 47.6 Å². The second kappa shape index (κ2) is 11.1. The average molecular weight is 574 g/mol. The van der Waals surface area contributed by atoms with Crippen molar-refractivity contribution in [3.05, 3.63) is 12.2 Å². The van der Waals surface area contributed by atoms with Crippen LogP contribution in [0.1, 0.15) is 44.9 Å². The first-order chi connectivity index (χ1) is 15.8. The molecule has 0 saturated carbocycles. The summed E-state index contributed by atoms with van der Waals surface area (Å²) in [5.74, 6) is -56.2. The van der Waals surface area contributed by atoms with Crippen LogP contribution in [-0.2, 0) is 0 Å². The summed E-state index contributed by atoms with van der Waals surface area (Å²) in [4.78, 5) is 0. The molecular weight excluding hydrogens is 555 g/mol. The SMILES string of the molecule is OCCCCCCCC/C=C/C(F)(F)C(F)(F)C(F)(F)C(F)(F)C(F)(F)C(F)(F)C(F)(F)C(F)(F)F. The van der Waals surface area contributed by atoms with Gasteiger partial charge in [0, 0.05) is 6.61 Å². The Hall–Kier alpha value is -1.49. The molecule has 0 aliphatic carbocycles. The van der Waals surface area contributed by atoms with Crippen LogP contribution in [0.25, 0.3) is 0 Å². The molecule has 0 saturated heterocycles. The summed E-state index contributed by atoms with van der Waals surface area (Å²) in [7, 11) is 0. The Kier molecular flexibility index (Phi) is 10.6. The minimum absolute atomic E-state index is 0.0421. The lowest BCUT2D eigenvalue weighted by atomic mass is 9.89. The van der Waals surface area contributed by atoms with Crippen molar-refractivity contribution in [1.29, 1.82) is 0 Å². The zero-order valence-electron chi connectivity index (χ0n) is 17.7. The van der Waals surface area contributed by atoms with E-state index < -0.39 is 60.1 Å². The average Bonchev–Trinajstić information content (AvgIpc) is 2.70. The van der Waals surface area contributed by atoms with Gasteiger partial charge in [-0.05, 0) is 25.3 Å². The molecule has 1 N–H and O–H groups in total. The quantitative estimate of drug-likeness (QED) is 0.119. The lowest BCUT2D eigenvalue weighted by molar-refractivity contribution is -0.459. The largest absolute Gasteiger partial charge is 0.460 e. The molecule has 0 fully saturated rings. The van der Waals surface area contributed by atoms with E-state index in [9.17, 15) is 74.6 Å². The third-order valence-corrected chi connectivity index (χ3v) is 4.85. The second-order valence-corrected chi connectivity index (χ2v) is 7.60. The van der Waals surface area contributed by atoms with Crippen molar-refractivity contribution in [2.45, 2.75) is 92.6 Å². The minimum atomic E-state index is -8.61. The van der Waals surface area contributed by atoms with Gasteiger partial charge in [-0.1, -0.05) is 31.8 Å². The Morgan fingerprint density at radius 1 is 0.417 bits per heavy atom. The number of allylic oxidation sites excluding steroid dienone is 2. The first-order valence-corrected chi connectivity index (χ1v) is 9.81. The van der Waals surface area contributed by atoms with Crippen molar-refractivity contribution in [3.8, 4) is 0 Å². The fourth-order valence-electron chi connectivity index (χ4n) is 2.59. The molecule has 0 bridgehead atoms. The van der Waals surface area contributed by atoms with Crippen LogP contribution in [0, 0.1) is 0 Å². The molecule has 0 atom stereocenters. The van der Waals surface area contributed by atoms with Gasteiger partial charge in [0.15, 0.2) is 0 Å². The Morgan fingerprint density at radius 2 is 0.750 bits per heavy atom. The molecule has 18 heteroatoms. The van der Waals surface area contributed by atoms with Crippen LogP contribution in [0.15, 0.2) is 12.2 Å². The van der Waals surface area contributed by atoms with E-state index in [4.69, 9.17) is 5.11 Å². The van der Waals surface area contributed by atoms with Crippen molar-refractivity contribution in [3.63, 3.8) is 0 Å². The summed E-state index contributed by atoms with van der Waals surface area (Å²) >= 11 is 0. The van der Waals surface area contributed by atoms with Crippen LogP contribution in [0.2, 0.25) is 0 Å². The van der Waals surface area contributed by atoms with E-state index in [0.29, 0.717) is 25.7 Å². The van der Waals surface area contributed by atoms with Gasteiger partial charge in [0.1, 0.15) is 0 Å². The van der Waals surface area contributed by atoms with Gasteiger partial charge in [-0.15, -0.1) is 0 Å². The lowest BCUT2D eigenvalue weighted by Crippen LogP contribution is -2.74. The molecule has 36 heavy (non-hydrogen) atoms. The predicted octanol–water partition coefficient (Wildman–Crippen LogP) is 8.28. The fraction of sp³-hybridized carbons (Fsp3) is 0.889. The molecule has 0 aromatic heterocycles. The minimum Gasteiger partial charge on any atom is -0.396 e. The molecule has 0 aromatic carbocycles. The summed E-state index contributed by atoms with van der Waals surface area (Å²) < 4.78 is 223. The highest BCUT2D eigenvalue weighted by atomic mass is 19.4. The second-order valence-electron chi connectivity index (χ2n) is 7.60. The summed E-state index contributed by atoms with van der Waals surface area (Å²) in [6.45, 7) is -0.107. The van der Waals surface area contributed by atoms with Gasteiger partial charge < -0.3 is 5.11 Å². The van der Waals surface area contributed by atoms with Crippen molar-refractivity contribution in [2.75, 3.05) is 6.61 Å². The summed E-state index contributed by atoms with van der Waals surface area (Å²) in [5, 5.41) is 8.54. The third kappa shape index (κ3) is 5.97. The Bertz CT molecular complexity index is 724. The summed E-state index contributed by atoms with van der Waals surface area (Å²) in [5.41, 5.74) is 0. The molecule has 0 rings (SSSR count). The van der Waals surface area contributed by atoms with Crippen LogP contribution < -0.4 is 0 Å². The van der Waals surface area contributed by atoms with Crippen molar-refractivity contribution < 1.29 is 79.7 Å². The molecule has 216 valence electrons. The van der Waals surface area contributed by atoms with E-state index in [1.165, 1.54) is 0 Å². The van der Waals surface area contributed by atoms with Crippen LogP contribution in [0.4, 0.5) is 74.6 Å². The number of hydrogen-bond acceptors (Lipinski definition) is 1. The third-order valence-electron chi connectivity index (χ3n) is 4.85. The number of hydrogen-bond donors (Lipinski definition) is 1. The highest BCUT2D eigenvalue weighted by molar-refractivity contribution is 5.17. The molecule has 0 radical (unpaired) electrons. The fourth-order valence-corrected chi connectivity index (χ4v) is 2.59. The van der Waals surface area contributed by atoms with Crippen LogP contribution in [0.3, 0.4) is 0 Å². The molecule has 0 heterocycles. The van der Waals surface area contributed by atoms with Gasteiger partial charge in [0.05, 0.1) is 0 Å². The van der Waals surface area contributed by atoms with Gasteiger partial charge in [0.2, 0.25) is 0 Å². The molecule has 0 spiro atoms. The monoisotopic (exact) mass is 574 g/mol. The van der Waals surface area contributed by atoms with E-state index in [-0.39, 0.29) is 25.5 Å². The van der Waals surface area contributed by atoms with Crippen molar-refractivity contribution in [2.24, 2.45) is 0 Å². The van der Waals surface area contributed by atoms with Crippen molar-refractivity contribution in [1.82, 2.24) is 0 Å². The molecule has 0 aliphatic rings. The van der Waals surface area contributed by atoms with Crippen LogP contribution in [0.5, 0.6) is 0 Å². The lowest BCUT2D eigenvalue weighted by Gasteiger charge is -2.42. The van der Waals surface area contributed by atoms with E-state index >= 15 is 0 Å².